The van der Waals surface area contributed by atoms with Gasteiger partial charge in [-0.05, 0) is 60.2 Å². The van der Waals surface area contributed by atoms with E-state index in [2.05, 4.69) is 35.2 Å². The summed E-state index contributed by atoms with van der Waals surface area (Å²) >= 11 is 0. The highest BCUT2D eigenvalue weighted by atomic mass is 16.5. The first-order valence-electron chi connectivity index (χ1n) is 12.6. The summed E-state index contributed by atoms with van der Waals surface area (Å²) in [6.45, 7) is 5.29. The predicted octanol–water partition coefficient (Wildman–Crippen LogP) is 4.61. The van der Waals surface area contributed by atoms with Crippen LogP contribution in [0.3, 0.4) is 0 Å². The van der Waals surface area contributed by atoms with Crippen molar-refractivity contribution in [3.05, 3.63) is 88.5 Å². The van der Waals surface area contributed by atoms with E-state index in [0.717, 1.165) is 35.6 Å². The van der Waals surface area contributed by atoms with Crippen LogP contribution in [0.25, 0.3) is 0 Å². The highest BCUT2D eigenvalue weighted by molar-refractivity contribution is 5.83. The molecule has 36 heavy (non-hydrogen) atoms. The second kappa shape index (κ2) is 10.6. The third kappa shape index (κ3) is 4.78. The topological polar surface area (TPSA) is 51.2 Å². The fraction of sp³-hybridized carbons (Fsp3) is 0.367. The quantitative estimate of drug-likeness (QED) is 0.488. The van der Waals surface area contributed by atoms with Crippen molar-refractivity contribution >= 4 is 5.91 Å². The normalized spacial score (nSPS) is 17.2. The fourth-order valence-corrected chi connectivity index (χ4v) is 5.42. The van der Waals surface area contributed by atoms with Gasteiger partial charge in [-0.15, -0.1) is 0 Å². The Morgan fingerprint density at radius 3 is 2.31 bits per heavy atom. The van der Waals surface area contributed by atoms with Crippen LogP contribution in [0.5, 0.6) is 17.2 Å². The van der Waals surface area contributed by atoms with Crippen LogP contribution in [0.4, 0.5) is 0 Å². The molecule has 3 aromatic rings. The van der Waals surface area contributed by atoms with Crippen molar-refractivity contribution in [2.75, 3.05) is 27.4 Å². The van der Waals surface area contributed by atoms with Crippen LogP contribution < -0.4 is 14.2 Å². The molecular formula is C30H34N2O4. The third-order valence-electron chi connectivity index (χ3n) is 7.31. The zero-order valence-electron chi connectivity index (χ0n) is 21.3. The summed E-state index contributed by atoms with van der Waals surface area (Å²) in [6.07, 6.45) is 1.51. The van der Waals surface area contributed by atoms with E-state index in [9.17, 15) is 4.79 Å². The molecule has 2 aliphatic heterocycles. The van der Waals surface area contributed by atoms with Gasteiger partial charge in [0.15, 0.2) is 11.5 Å². The van der Waals surface area contributed by atoms with E-state index in [1.165, 1.54) is 16.7 Å². The number of nitrogens with zero attached hydrogens (tertiary/aromatic N) is 2. The second-order valence-corrected chi connectivity index (χ2v) is 9.42. The third-order valence-corrected chi connectivity index (χ3v) is 7.31. The molecular weight excluding hydrogens is 452 g/mol. The minimum Gasteiger partial charge on any atom is -0.494 e. The number of hydrogen-bond acceptors (Lipinski definition) is 5. The summed E-state index contributed by atoms with van der Waals surface area (Å²) in [4.78, 5) is 18.4. The summed E-state index contributed by atoms with van der Waals surface area (Å²) in [6, 6.07) is 20.5. The predicted molar refractivity (Wildman–Crippen MR) is 139 cm³/mol. The number of methoxy groups -OCH3 is 2. The van der Waals surface area contributed by atoms with Gasteiger partial charge >= 0.3 is 0 Å². The monoisotopic (exact) mass is 486 g/mol. The number of fused-ring (bicyclic) bond motifs is 2. The van der Waals surface area contributed by atoms with Gasteiger partial charge < -0.3 is 19.1 Å². The molecule has 2 aliphatic rings. The maximum Gasteiger partial charge on any atom is 0.240 e. The van der Waals surface area contributed by atoms with E-state index in [4.69, 9.17) is 14.2 Å². The minimum absolute atomic E-state index is 0.179. The molecule has 0 saturated carbocycles. The van der Waals surface area contributed by atoms with E-state index in [0.29, 0.717) is 38.4 Å². The van der Waals surface area contributed by atoms with Crippen LogP contribution in [0, 0.1) is 0 Å². The number of carbonyl (C=O) groups is 1. The van der Waals surface area contributed by atoms with Gasteiger partial charge in [0.2, 0.25) is 5.91 Å². The van der Waals surface area contributed by atoms with E-state index < -0.39 is 0 Å². The standard InChI is InChI=1S/C30H34N2O4/c1-4-36-27-12-8-7-11-24(27)19-32-18-23-10-6-5-9-21(23)15-26(32)30(33)31-14-13-22-16-28(34-2)29(35-3)17-25(22)20-31/h5-12,16-17,26H,4,13-15,18-20H2,1-3H3. The Hall–Kier alpha value is -3.51. The van der Waals surface area contributed by atoms with Gasteiger partial charge in [-0.3, -0.25) is 9.69 Å². The van der Waals surface area contributed by atoms with Gasteiger partial charge in [0.1, 0.15) is 5.75 Å². The first-order valence-corrected chi connectivity index (χ1v) is 12.6. The summed E-state index contributed by atoms with van der Waals surface area (Å²) < 4.78 is 16.9. The van der Waals surface area contributed by atoms with Crippen molar-refractivity contribution in [1.29, 1.82) is 0 Å². The SMILES string of the molecule is CCOc1ccccc1CN1Cc2ccccc2CC1C(=O)N1CCc2cc(OC)c(OC)cc2C1. The lowest BCUT2D eigenvalue weighted by Gasteiger charge is -2.40. The maximum absolute atomic E-state index is 14.1. The lowest BCUT2D eigenvalue weighted by molar-refractivity contribution is -0.139. The molecule has 0 fully saturated rings. The molecule has 0 bridgehead atoms. The van der Waals surface area contributed by atoms with Crippen LogP contribution in [0.2, 0.25) is 0 Å². The molecule has 0 spiro atoms. The van der Waals surface area contributed by atoms with Crippen LogP contribution in [-0.2, 0) is 37.3 Å². The average molecular weight is 487 g/mol. The van der Waals surface area contributed by atoms with Crippen molar-refractivity contribution < 1.29 is 19.0 Å². The lowest BCUT2D eigenvalue weighted by Crippen LogP contribution is -2.52. The van der Waals surface area contributed by atoms with Gasteiger partial charge in [0.25, 0.3) is 0 Å². The second-order valence-electron chi connectivity index (χ2n) is 9.42. The van der Waals surface area contributed by atoms with E-state index in [1.54, 1.807) is 14.2 Å². The molecule has 0 N–H and O–H groups in total. The Morgan fingerprint density at radius 1 is 0.861 bits per heavy atom. The van der Waals surface area contributed by atoms with Gasteiger partial charge in [-0.2, -0.15) is 0 Å². The number of hydrogen-bond donors (Lipinski definition) is 0. The Labute approximate surface area is 213 Å². The molecule has 0 radical (unpaired) electrons. The van der Waals surface area contributed by atoms with E-state index in [1.807, 2.05) is 42.2 Å². The van der Waals surface area contributed by atoms with Crippen LogP contribution in [0.15, 0.2) is 60.7 Å². The number of carbonyl (C=O) groups excluding carboxylic acids is 1. The molecule has 188 valence electrons. The largest absolute Gasteiger partial charge is 0.494 e. The number of benzene rings is 3. The van der Waals surface area contributed by atoms with E-state index >= 15 is 0 Å². The van der Waals surface area contributed by atoms with Gasteiger partial charge in [-0.1, -0.05) is 42.5 Å². The van der Waals surface area contributed by atoms with Crippen molar-refractivity contribution in [2.24, 2.45) is 0 Å². The zero-order valence-corrected chi connectivity index (χ0v) is 21.3. The summed E-state index contributed by atoms with van der Waals surface area (Å²) in [5, 5.41) is 0. The first kappa shape index (κ1) is 24.2. The minimum atomic E-state index is -0.226. The molecule has 6 nitrogen and oxygen atoms in total. The molecule has 1 unspecified atom stereocenters. The van der Waals surface area contributed by atoms with Gasteiger partial charge in [-0.25, -0.2) is 0 Å². The molecule has 1 atom stereocenters. The van der Waals surface area contributed by atoms with Gasteiger partial charge in [0, 0.05) is 31.7 Å². The van der Waals surface area contributed by atoms with Crippen LogP contribution in [-0.4, -0.2) is 49.1 Å². The molecule has 0 aromatic heterocycles. The highest BCUT2D eigenvalue weighted by Gasteiger charge is 2.35. The Balaban J connectivity index is 1.42. The molecule has 0 aliphatic carbocycles. The molecule has 5 rings (SSSR count). The van der Waals surface area contributed by atoms with Crippen LogP contribution >= 0.6 is 0 Å². The zero-order chi connectivity index (χ0) is 25.1. The maximum atomic E-state index is 14.1. The van der Waals surface area contributed by atoms with Gasteiger partial charge in [0.05, 0.1) is 26.9 Å². The number of amides is 1. The Bertz CT molecular complexity index is 1240. The Morgan fingerprint density at radius 2 is 1.56 bits per heavy atom. The number of ether oxygens (including phenoxy) is 3. The summed E-state index contributed by atoms with van der Waals surface area (Å²) in [5.41, 5.74) is 5.99. The highest BCUT2D eigenvalue weighted by Crippen LogP contribution is 2.34. The number of para-hydroxylation sites is 1. The molecule has 0 saturated heterocycles. The molecule has 2 heterocycles. The average Bonchev–Trinajstić information content (AvgIpc) is 2.92. The summed E-state index contributed by atoms with van der Waals surface area (Å²) in [5.74, 6) is 2.50. The smallest absolute Gasteiger partial charge is 0.240 e. The van der Waals surface area contributed by atoms with Crippen LogP contribution in [0.1, 0.15) is 34.7 Å². The van der Waals surface area contributed by atoms with Crippen molar-refractivity contribution in [2.45, 2.75) is 45.4 Å². The molecule has 6 heteroatoms. The summed E-state index contributed by atoms with van der Waals surface area (Å²) in [7, 11) is 3.30. The molecule has 1 amide bonds. The van der Waals surface area contributed by atoms with Crippen molar-refractivity contribution in [1.82, 2.24) is 9.80 Å². The van der Waals surface area contributed by atoms with E-state index in [-0.39, 0.29) is 11.9 Å². The number of rotatable bonds is 7. The van der Waals surface area contributed by atoms with Crippen molar-refractivity contribution in [3.8, 4) is 17.2 Å². The molecule has 3 aromatic carbocycles. The first-order chi connectivity index (χ1) is 17.6. The Kier molecular flexibility index (Phi) is 7.14. The van der Waals surface area contributed by atoms with Crippen molar-refractivity contribution in [3.63, 3.8) is 0 Å². The fourth-order valence-electron chi connectivity index (χ4n) is 5.42. The lowest BCUT2D eigenvalue weighted by atomic mass is 9.91.